The van der Waals surface area contributed by atoms with Crippen molar-refractivity contribution in [3.05, 3.63) is 89.6 Å². The van der Waals surface area contributed by atoms with Crippen LogP contribution in [0.15, 0.2) is 76.2 Å². The minimum absolute atomic E-state index is 0.137. The molecule has 5 nitrogen and oxygen atoms in total. The molecule has 0 aliphatic carbocycles. The monoisotopic (exact) mass is 399 g/mol. The first-order valence-corrected chi connectivity index (χ1v) is 9.53. The summed E-state index contributed by atoms with van der Waals surface area (Å²) in [7, 11) is 0. The molecule has 0 spiro atoms. The van der Waals surface area contributed by atoms with Gasteiger partial charge in [0.2, 0.25) is 5.91 Å². The lowest BCUT2D eigenvalue weighted by molar-refractivity contribution is -0.118. The Hall–Kier alpha value is -3.06. The van der Waals surface area contributed by atoms with E-state index in [1.165, 1.54) is 17.8 Å². The zero-order chi connectivity index (χ0) is 19.8. The Morgan fingerprint density at radius 1 is 1.04 bits per heavy atom. The molecule has 1 aromatic heterocycles. The maximum Gasteiger partial charge on any atom is 0.339 e. The summed E-state index contributed by atoms with van der Waals surface area (Å²) in [5.74, 6) is -0.377. The Labute approximate surface area is 165 Å². The van der Waals surface area contributed by atoms with Gasteiger partial charge in [-0.1, -0.05) is 30.3 Å². The van der Waals surface area contributed by atoms with E-state index in [-0.39, 0.29) is 18.3 Å². The van der Waals surface area contributed by atoms with Crippen molar-refractivity contribution in [1.29, 1.82) is 0 Å². The number of halogens is 1. The number of rotatable bonds is 8. The SMILES string of the molecule is O=C(CSc1ccccc1C(=O)OCc1ccccc1F)NCc1ccco1. The summed E-state index contributed by atoms with van der Waals surface area (Å²) >= 11 is 1.23. The van der Waals surface area contributed by atoms with Gasteiger partial charge in [-0.3, -0.25) is 4.79 Å². The van der Waals surface area contributed by atoms with Crippen LogP contribution < -0.4 is 5.32 Å². The number of esters is 1. The van der Waals surface area contributed by atoms with Crippen molar-refractivity contribution in [3.8, 4) is 0 Å². The Bertz CT molecular complexity index is 943. The number of benzene rings is 2. The average Bonchev–Trinajstić information content (AvgIpc) is 3.24. The Balaban J connectivity index is 1.55. The van der Waals surface area contributed by atoms with E-state index >= 15 is 0 Å². The van der Waals surface area contributed by atoms with Gasteiger partial charge in [-0.05, 0) is 30.3 Å². The van der Waals surface area contributed by atoms with Crippen LogP contribution in [-0.2, 0) is 22.7 Å². The van der Waals surface area contributed by atoms with Gasteiger partial charge in [0.1, 0.15) is 18.2 Å². The number of amides is 1. The predicted octanol–water partition coefficient (Wildman–Crippen LogP) is 4.18. The lowest BCUT2D eigenvalue weighted by atomic mass is 10.2. The maximum absolute atomic E-state index is 13.7. The molecule has 3 rings (SSSR count). The smallest absolute Gasteiger partial charge is 0.339 e. The fourth-order valence-corrected chi connectivity index (χ4v) is 3.26. The fourth-order valence-electron chi connectivity index (χ4n) is 2.39. The van der Waals surface area contributed by atoms with E-state index in [2.05, 4.69) is 5.32 Å². The topological polar surface area (TPSA) is 68.5 Å². The minimum Gasteiger partial charge on any atom is -0.467 e. The number of thioether (sulfide) groups is 1. The third kappa shape index (κ3) is 5.47. The molecule has 0 unspecified atom stereocenters. The van der Waals surface area contributed by atoms with Crippen molar-refractivity contribution >= 4 is 23.6 Å². The molecule has 0 saturated heterocycles. The number of nitrogens with one attached hydrogen (secondary N) is 1. The molecule has 0 saturated carbocycles. The van der Waals surface area contributed by atoms with E-state index in [1.54, 1.807) is 60.9 Å². The van der Waals surface area contributed by atoms with Crippen LogP contribution in [0.25, 0.3) is 0 Å². The first-order chi connectivity index (χ1) is 13.6. The van der Waals surface area contributed by atoms with Crippen molar-refractivity contribution in [2.24, 2.45) is 0 Å². The van der Waals surface area contributed by atoms with E-state index in [4.69, 9.17) is 9.15 Å². The molecule has 0 radical (unpaired) electrons. The average molecular weight is 399 g/mol. The van der Waals surface area contributed by atoms with Crippen LogP contribution in [0, 0.1) is 5.82 Å². The molecule has 0 aliphatic heterocycles. The molecule has 1 amide bonds. The van der Waals surface area contributed by atoms with Crippen molar-refractivity contribution in [2.75, 3.05) is 5.75 Å². The number of carbonyl (C=O) groups excluding carboxylic acids is 2. The normalized spacial score (nSPS) is 10.5. The summed E-state index contributed by atoms with van der Waals surface area (Å²) in [6.45, 7) is 0.146. The van der Waals surface area contributed by atoms with Crippen LogP contribution in [0.3, 0.4) is 0 Å². The molecule has 2 aromatic carbocycles. The van der Waals surface area contributed by atoms with E-state index in [0.717, 1.165) is 0 Å². The first-order valence-electron chi connectivity index (χ1n) is 8.55. The zero-order valence-corrected chi connectivity index (χ0v) is 15.7. The van der Waals surface area contributed by atoms with Gasteiger partial charge >= 0.3 is 5.97 Å². The molecule has 7 heteroatoms. The molecule has 144 valence electrons. The third-order valence-electron chi connectivity index (χ3n) is 3.82. The van der Waals surface area contributed by atoms with E-state index in [1.807, 2.05) is 0 Å². The Kier molecular flexibility index (Phi) is 6.86. The van der Waals surface area contributed by atoms with Crippen molar-refractivity contribution in [2.45, 2.75) is 18.0 Å². The highest BCUT2D eigenvalue weighted by Gasteiger charge is 2.15. The highest BCUT2D eigenvalue weighted by molar-refractivity contribution is 8.00. The lowest BCUT2D eigenvalue weighted by Crippen LogP contribution is -2.24. The standard InChI is InChI=1S/C21H18FNO4S/c22-18-9-3-1-6-15(18)13-27-21(25)17-8-2-4-10-19(17)28-14-20(24)23-12-16-7-5-11-26-16/h1-11H,12-14H2,(H,23,24). The van der Waals surface area contributed by atoms with Crippen molar-refractivity contribution in [3.63, 3.8) is 0 Å². The summed E-state index contributed by atoms with van der Waals surface area (Å²) in [5.41, 5.74) is 0.640. The van der Waals surface area contributed by atoms with Gasteiger partial charge in [0.25, 0.3) is 0 Å². The summed E-state index contributed by atoms with van der Waals surface area (Å²) in [6.07, 6.45) is 1.54. The van der Waals surface area contributed by atoms with E-state index < -0.39 is 11.8 Å². The van der Waals surface area contributed by atoms with Crippen LogP contribution in [0.2, 0.25) is 0 Å². The van der Waals surface area contributed by atoms with Crippen molar-refractivity contribution in [1.82, 2.24) is 5.32 Å². The van der Waals surface area contributed by atoms with E-state index in [0.29, 0.717) is 28.3 Å². The van der Waals surface area contributed by atoms with Gasteiger partial charge in [0, 0.05) is 10.5 Å². The summed E-state index contributed by atoms with van der Waals surface area (Å²) in [4.78, 5) is 25.0. The molecule has 1 heterocycles. The molecule has 0 aliphatic rings. The first kappa shape index (κ1) is 19.7. The number of carbonyl (C=O) groups is 2. The molecule has 0 fully saturated rings. The van der Waals surface area contributed by atoms with Crippen molar-refractivity contribution < 1.29 is 23.1 Å². The van der Waals surface area contributed by atoms with Gasteiger partial charge in [0.15, 0.2) is 0 Å². The second-order valence-corrected chi connectivity index (χ2v) is 6.83. The second-order valence-electron chi connectivity index (χ2n) is 5.81. The van der Waals surface area contributed by atoms with Gasteiger partial charge < -0.3 is 14.5 Å². The molecule has 3 aromatic rings. The molecule has 0 atom stereocenters. The van der Waals surface area contributed by atoms with Crippen LogP contribution >= 0.6 is 11.8 Å². The second kappa shape index (κ2) is 9.75. The number of hydrogen-bond donors (Lipinski definition) is 1. The lowest BCUT2D eigenvalue weighted by Gasteiger charge is -2.10. The summed E-state index contributed by atoms with van der Waals surface area (Å²) in [5, 5.41) is 2.75. The number of ether oxygens (including phenoxy) is 1. The third-order valence-corrected chi connectivity index (χ3v) is 4.90. The highest BCUT2D eigenvalue weighted by Crippen LogP contribution is 2.23. The summed E-state index contributed by atoms with van der Waals surface area (Å²) < 4.78 is 24.1. The van der Waals surface area contributed by atoms with Gasteiger partial charge in [-0.15, -0.1) is 11.8 Å². The van der Waals surface area contributed by atoms with Gasteiger partial charge in [-0.25, -0.2) is 9.18 Å². The van der Waals surface area contributed by atoms with Crippen LogP contribution in [0.4, 0.5) is 4.39 Å². The van der Waals surface area contributed by atoms with Gasteiger partial charge in [0.05, 0.1) is 24.1 Å². The molecular weight excluding hydrogens is 381 g/mol. The quantitative estimate of drug-likeness (QED) is 0.455. The van der Waals surface area contributed by atoms with Crippen LogP contribution in [-0.4, -0.2) is 17.6 Å². The number of furan rings is 1. The van der Waals surface area contributed by atoms with Crippen LogP contribution in [0.1, 0.15) is 21.7 Å². The zero-order valence-electron chi connectivity index (χ0n) is 14.9. The largest absolute Gasteiger partial charge is 0.467 e. The minimum atomic E-state index is -0.567. The molecule has 28 heavy (non-hydrogen) atoms. The maximum atomic E-state index is 13.7. The molecule has 1 N–H and O–H groups in total. The number of hydrogen-bond acceptors (Lipinski definition) is 5. The predicted molar refractivity (Wildman–Crippen MR) is 103 cm³/mol. The molecule has 0 bridgehead atoms. The Morgan fingerprint density at radius 3 is 2.61 bits per heavy atom. The Morgan fingerprint density at radius 2 is 1.82 bits per heavy atom. The molecular formula is C21H18FNO4S. The summed E-state index contributed by atoms with van der Waals surface area (Å²) in [6, 6.07) is 16.5. The fraction of sp³-hybridized carbons (Fsp3) is 0.143. The van der Waals surface area contributed by atoms with Gasteiger partial charge in [-0.2, -0.15) is 0 Å². The van der Waals surface area contributed by atoms with E-state index in [9.17, 15) is 14.0 Å². The highest BCUT2D eigenvalue weighted by atomic mass is 32.2. The van der Waals surface area contributed by atoms with Crippen LogP contribution in [0.5, 0.6) is 0 Å².